The summed E-state index contributed by atoms with van der Waals surface area (Å²) in [7, 11) is -4.13. The maximum atomic E-state index is 13.8. The number of anilines is 1. The van der Waals surface area contributed by atoms with E-state index in [4.69, 9.17) is 0 Å². The number of thioether (sulfide) groups is 1. The second-order valence-electron chi connectivity index (χ2n) is 6.57. The second kappa shape index (κ2) is 9.93. The van der Waals surface area contributed by atoms with Crippen molar-refractivity contribution in [3.8, 4) is 0 Å². The fourth-order valence-corrected chi connectivity index (χ4v) is 4.63. The third-order valence-electron chi connectivity index (χ3n) is 4.43. The Hall–Kier alpha value is -2.91. The molecule has 0 saturated heterocycles. The Morgan fingerprint density at radius 2 is 1.65 bits per heavy atom. The zero-order valence-corrected chi connectivity index (χ0v) is 18.2. The molecule has 0 aliphatic heterocycles. The van der Waals surface area contributed by atoms with E-state index in [9.17, 15) is 22.0 Å². The number of halogens is 2. The van der Waals surface area contributed by atoms with Gasteiger partial charge in [-0.25, -0.2) is 17.2 Å². The van der Waals surface area contributed by atoms with Crippen LogP contribution in [0.4, 0.5) is 14.5 Å². The van der Waals surface area contributed by atoms with Crippen molar-refractivity contribution >= 4 is 33.4 Å². The molecule has 0 heterocycles. The molecule has 0 saturated carbocycles. The molecule has 9 heteroatoms. The molecule has 3 aromatic rings. The molecule has 31 heavy (non-hydrogen) atoms. The minimum Gasteiger partial charge on any atom is -0.350 e. The fourth-order valence-electron chi connectivity index (χ4n) is 2.81. The molecule has 1 amide bonds. The highest BCUT2D eigenvalue weighted by Crippen LogP contribution is 2.26. The number of nitrogens with zero attached hydrogens (tertiary/aromatic N) is 1. The van der Waals surface area contributed by atoms with E-state index >= 15 is 0 Å². The van der Waals surface area contributed by atoms with Gasteiger partial charge in [-0.2, -0.15) is 0 Å². The summed E-state index contributed by atoms with van der Waals surface area (Å²) in [5.41, 5.74) is 0.688. The summed E-state index contributed by atoms with van der Waals surface area (Å²) in [6.07, 6.45) is 1.87. The van der Waals surface area contributed by atoms with Gasteiger partial charge in [-0.1, -0.05) is 18.2 Å². The quantitative estimate of drug-likeness (QED) is 0.510. The first-order valence-corrected chi connectivity index (χ1v) is 11.9. The highest BCUT2D eigenvalue weighted by molar-refractivity contribution is 7.98. The van der Waals surface area contributed by atoms with Gasteiger partial charge >= 0.3 is 0 Å². The Balaban J connectivity index is 1.85. The van der Waals surface area contributed by atoms with Crippen LogP contribution in [0.5, 0.6) is 0 Å². The molecule has 0 radical (unpaired) electrons. The molecular weight excluding hydrogens is 442 g/mol. The van der Waals surface area contributed by atoms with Gasteiger partial charge in [-0.05, 0) is 66.4 Å². The molecule has 0 aromatic heterocycles. The van der Waals surface area contributed by atoms with E-state index in [0.717, 1.165) is 15.3 Å². The predicted octanol–water partition coefficient (Wildman–Crippen LogP) is 4.20. The molecule has 162 valence electrons. The number of benzene rings is 3. The summed E-state index contributed by atoms with van der Waals surface area (Å²) in [4.78, 5) is 13.4. The standard InChI is InChI=1S/C22H20F2N2O3S2/c1-30-20-9-11-21(12-10-20)31(28,29)26(19-4-2-3-18(24)13-19)15-22(27)25-14-16-5-7-17(23)8-6-16/h2-13H,14-15H2,1H3,(H,25,27). The van der Waals surface area contributed by atoms with E-state index in [1.165, 1.54) is 66.4 Å². The average Bonchev–Trinajstić information content (AvgIpc) is 2.77. The molecule has 0 unspecified atom stereocenters. The fraction of sp³-hybridized carbons (Fsp3) is 0.136. The minimum atomic E-state index is -4.13. The smallest absolute Gasteiger partial charge is 0.264 e. The number of hydrogen-bond acceptors (Lipinski definition) is 4. The largest absolute Gasteiger partial charge is 0.350 e. The van der Waals surface area contributed by atoms with Gasteiger partial charge in [0.1, 0.15) is 18.2 Å². The first-order chi connectivity index (χ1) is 14.8. The lowest BCUT2D eigenvalue weighted by molar-refractivity contribution is -0.119. The van der Waals surface area contributed by atoms with Gasteiger partial charge in [-0.15, -0.1) is 11.8 Å². The van der Waals surface area contributed by atoms with Crippen molar-refractivity contribution in [2.45, 2.75) is 16.3 Å². The third kappa shape index (κ3) is 5.83. The molecule has 3 rings (SSSR count). The van der Waals surface area contributed by atoms with E-state index in [-0.39, 0.29) is 17.1 Å². The zero-order valence-electron chi connectivity index (χ0n) is 16.6. The summed E-state index contributed by atoms with van der Waals surface area (Å²) in [6.45, 7) is -0.449. The van der Waals surface area contributed by atoms with Gasteiger partial charge in [0.05, 0.1) is 10.6 Å². The van der Waals surface area contributed by atoms with Crippen LogP contribution >= 0.6 is 11.8 Å². The summed E-state index contributed by atoms with van der Waals surface area (Å²) in [6, 6.07) is 16.8. The molecule has 0 spiro atoms. The topological polar surface area (TPSA) is 66.5 Å². The summed E-state index contributed by atoms with van der Waals surface area (Å²) in [5, 5.41) is 2.61. The molecule has 5 nitrogen and oxygen atoms in total. The molecule has 1 N–H and O–H groups in total. The van der Waals surface area contributed by atoms with Crippen LogP contribution in [-0.4, -0.2) is 27.1 Å². The Labute approximate surface area is 184 Å². The Kier molecular flexibility index (Phi) is 7.29. The minimum absolute atomic E-state index is 0.0131. The van der Waals surface area contributed by atoms with E-state index in [1.807, 2.05) is 6.26 Å². The van der Waals surface area contributed by atoms with Crippen LogP contribution in [0.25, 0.3) is 0 Å². The lowest BCUT2D eigenvalue weighted by Gasteiger charge is -2.24. The number of amides is 1. The van der Waals surface area contributed by atoms with E-state index in [2.05, 4.69) is 5.32 Å². The molecule has 0 bridgehead atoms. The number of nitrogens with one attached hydrogen (secondary N) is 1. The van der Waals surface area contributed by atoms with Crippen molar-refractivity contribution in [3.63, 3.8) is 0 Å². The molecule has 3 aromatic carbocycles. The first-order valence-electron chi connectivity index (χ1n) is 9.23. The van der Waals surface area contributed by atoms with E-state index < -0.39 is 34.1 Å². The molecule has 0 aliphatic rings. The highest BCUT2D eigenvalue weighted by atomic mass is 32.2. The Morgan fingerprint density at radius 3 is 2.26 bits per heavy atom. The maximum absolute atomic E-state index is 13.8. The third-order valence-corrected chi connectivity index (χ3v) is 6.97. The van der Waals surface area contributed by atoms with Crippen molar-refractivity contribution < 1.29 is 22.0 Å². The summed E-state index contributed by atoms with van der Waals surface area (Å²) in [5.74, 6) is -1.61. The van der Waals surface area contributed by atoms with Crippen molar-refractivity contribution in [3.05, 3.63) is 90.0 Å². The maximum Gasteiger partial charge on any atom is 0.264 e. The van der Waals surface area contributed by atoms with Crippen LogP contribution in [0, 0.1) is 11.6 Å². The summed E-state index contributed by atoms with van der Waals surface area (Å²) < 4.78 is 54.2. The lowest BCUT2D eigenvalue weighted by atomic mass is 10.2. The van der Waals surface area contributed by atoms with Crippen LogP contribution in [0.3, 0.4) is 0 Å². The Bertz CT molecular complexity index is 1150. The van der Waals surface area contributed by atoms with Gasteiger partial charge in [0.15, 0.2) is 0 Å². The molecule has 0 aliphatic carbocycles. The lowest BCUT2D eigenvalue weighted by Crippen LogP contribution is -2.40. The average molecular weight is 463 g/mol. The second-order valence-corrected chi connectivity index (χ2v) is 9.31. The van der Waals surface area contributed by atoms with Crippen molar-refractivity contribution in [2.24, 2.45) is 0 Å². The van der Waals surface area contributed by atoms with Gasteiger partial charge in [0.25, 0.3) is 10.0 Å². The van der Waals surface area contributed by atoms with Gasteiger partial charge in [0, 0.05) is 11.4 Å². The van der Waals surface area contributed by atoms with Crippen molar-refractivity contribution in [1.82, 2.24) is 5.32 Å². The normalized spacial score (nSPS) is 11.2. The number of rotatable bonds is 8. The Morgan fingerprint density at radius 1 is 0.968 bits per heavy atom. The van der Waals surface area contributed by atoms with Crippen molar-refractivity contribution in [1.29, 1.82) is 0 Å². The predicted molar refractivity (Wildman–Crippen MR) is 117 cm³/mol. The first kappa shape index (κ1) is 22.8. The van der Waals surface area contributed by atoms with Crippen LogP contribution in [0.15, 0.2) is 82.6 Å². The van der Waals surface area contributed by atoms with Crippen LogP contribution in [-0.2, 0) is 21.4 Å². The van der Waals surface area contributed by atoms with Gasteiger partial charge in [-0.3, -0.25) is 9.10 Å². The monoisotopic (exact) mass is 462 g/mol. The zero-order chi connectivity index (χ0) is 22.4. The number of carbonyl (C=O) groups is 1. The van der Waals surface area contributed by atoms with E-state index in [0.29, 0.717) is 5.56 Å². The SMILES string of the molecule is CSc1ccc(S(=O)(=O)N(CC(=O)NCc2ccc(F)cc2)c2cccc(F)c2)cc1. The van der Waals surface area contributed by atoms with E-state index in [1.54, 1.807) is 12.1 Å². The number of carbonyl (C=O) groups excluding carboxylic acids is 1. The van der Waals surface area contributed by atoms with Crippen LogP contribution in [0.1, 0.15) is 5.56 Å². The molecule has 0 fully saturated rings. The van der Waals surface area contributed by atoms with Crippen LogP contribution in [0.2, 0.25) is 0 Å². The van der Waals surface area contributed by atoms with Gasteiger partial charge in [0.2, 0.25) is 5.91 Å². The van der Waals surface area contributed by atoms with Gasteiger partial charge < -0.3 is 5.32 Å². The van der Waals surface area contributed by atoms with Crippen LogP contribution < -0.4 is 9.62 Å². The summed E-state index contributed by atoms with van der Waals surface area (Å²) >= 11 is 1.47. The molecular formula is C22H20F2N2O3S2. The molecule has 0 atom stereocenters. The highest BCUT2D eigenvalue weighted by Gasteiger charge is 2.27. The van der Waals surface area contributed by atoms with Crippen molar-refractivity contribution in [2.75, 3.05) is 17.1 Å². The number of hydrogen-bond donors (Lipinski definition) is 1. The number of sulfonamides is 1.